The molecular formula is C12H18N4O. The third-order valence-electron chi connectivity index (χ3n) is 2.38. The zero-order valence-corrected chi connectivity index (χ0v) is 10.3. The molecule has 0 fully saturated rings. The monoisotopic (exact) mass is 234 g/mol. The first-order valence-electron chi connectivity index (χ1n) is 5.84. The fourth-order valence-electron chi connectivity index (χ4n) is 1.58. The molecule has 0 amide bonds. The first-order valence-corrected chi connectivity index (χ1v) is 5.84. The Morgan fingerprint density at radius 1 is 1.41 bits per heavy atom. The van der Waals surface area contributed by atoms with Crippen molar-refractivity contribution in [3.63, 3.8) is 0 Å². The average Bonchev–Trinajstić information content (AvgIpc) is 2.90. The maximum absolute atomic E-state index is 4.79. The van der Waals surface area contributed by atoms with Crippen molar-refractivity contribution in [3.05, 3.63) is 36.2 Å². The van der Waals surface area contributed by atoms with Gasteiger partial charge in [-0.25, -0.2) is 4.98 Å². The van der Waals surface area contributed by atoms with Gasteiger partial charge in [-0.05, 0) is 12.5 Å². The van der Waals surface area contributed by atoms with Gasteiger partial charge in [0.25, 0.3) is 0 Å². The largest absolute Gasteiger partial charge is 0.364 e. The van der Waals surface area contributed by atoms with E-state index in [-0.39, 0.29) is 0 Å². The van der Waals surface area contributed by atoms with Crippen LogP contribution in [-0.4, -0.2) is 21.3 Å². The number of nitrogens with one attached hydrogen (secondary N) is 1. The highest BCUT2D eigenvalue weighted by atomic mass is 16.5. The van der Waals surface area contributed by atoms with Crippen LogP contribution in [0.5, 0.6) is 0 Å². The second-order valence-electron chi connectivity index (χ2n) is 4.55. The van der Waals surface area contributed by atoms with Gasteiger partial charge in [0.2, 0.25) is 0 Å². The third kappa shape index (κ3) is 3.71. The van der Waals surface area contributed by atoms with Gasteiger partial charge in [-0.2, -0.15) is 0 Å². The van der Waals surface area contributed by atoms with Crippen LogP contribution >= 0.6 is 0 Å². The molecule has 0 aliphatic heterocycles. The van der Waals surface area contributed by atoms with E-state index in [1.54, 1.807) is 6.26 Å². The Labute approximate surface area is 101 Å². The maximum Gasteiger partial charge on any atom is 0.124 e. The number of rotatable bonds is 6. The molecule has 5 nitrogen and oxygen atoms in total. The number of imidazole rings is 1. The van der Waals surface area contributed by atoms with Crippen LogP contribution in [0.25, 0.3) is 0 Å². The SMILES string of the molecule is CC(C)CNCc1cn(Cc2ccon2)cn1. The fourth-order valence-corrected chi connectivity index (χ4v) is 1.58. The van der Waals surface area contributed by atoms with Gasteiger partial charge in [-0.1, -0.05) is 19.0 Å². The van der Waals surface area contributed by atoms with Gasteiger partial charge in [0.15, 0.2) is 0 Å². The van der Waals surface area contributed by atoms with Gasteiger partial charge in [0, 0.05) is 18.8 Å². The van der Waals surface area contributed by atoms with Crippen LogP contribution in [0.3, 0.4) is 0 Å². The Hall–Kier alpha value is -1.62. The summed E-state index contributed by atoms with van der Waals surface area (Å²) in [5, 5.41) is 7.23. The molecule has 2 heterocycles. The van der Waals surface area contributed by atoms with Crippen LogP contribution in [0.4, 0.5) is 0 Å². The van der Waals surface area contributed by atoms with Crippen molar-refractivity contribution in [3.8, 4) is 0 Å². The summed E-state index contributed by atoms with van der Waals surface area (Å²) < 4.78 is 6.79. The van der Waals surface area contributed by atoms with E-state index >= 15 is 0 Å². The fraction of sp³-hybridized carbons (Fsp3) is 0.500. The van der Waals surface area contributed by atoms with Crippen molar-refractivity contribution < 1.29 is 4.52 Å². The van der Waals surface area contributed by atoms with Crippen molar-refractivity contribution in [2.75, 3.05) is 6.54 Å². The Balaban J connectivity index is 1.83. The van der Waals surface area contributed by atoms with Gasteiger partial charge in [0.05, 0.1) is 18.6 Å². The van der Waals surface area contributed by atoms with E-state index in [1.807, 2.05) is 23.2 Å². The molecule has 0 atom stereocenters. The Morgan fingerprint density at radius 3 is 3.00 bits per heavy atom. The lowest BCUT2D eigenvalue weighted by atomic mass is 10.2. The van der Waals surface area contributed by atoms with Crippen LogP contribution in [-0.2, 0) is 13.1 Å². The molecule has 0 aromatic carbocycles. The van der Waals surface area contributed by atoms with E-state index in [0.717, 1.165) is 24.5 Å². The molecule has 0 saturated heterocycles. The van der Waals surface area contributed by atoms with Gasteiger partial charge in [0.1, 0.15) is 12.0 Å². The smallest absolute Gasteiger partial charge is 0.124 e. The standard InChI is InChI=1S/C12H18N4O/c1-10(2)5-13-6-12-8-16(9-14-12)7-11-3-4-17-15-11/h3-4,8-10,13H,5-7H2,1-2H3. The summed E-state index contributed by atoms with van der Waals surface area (Å²) in [4.78, 5) is 4.34. The van der Waals surface area contributed by atoms with Crippen molar-refractivity contribution in [1.82, 2.24) is 20.0 Å². The lowest BCUT2D eigenvalue weighted by Crippen LogP contribution is -2.19. The van der Waals surface area contributed by atoms with Gasteiger partial charge < -0.3 is 14.4 Å². The van der Waals surface area contributed by atoms with E-state index < -0.39 is 0 Å². The predicted octanol–water partition coefficient (Wildman–Crippen LogP) is 1.67. The zero-order valence-electron chi connectivity index (χ0n) is 10.3. The molecular weight excluding hydrogens is 216 g/mol. The predicted molar refractivity (Wildman–Crippen MR) is 64.4 cm³/mol. The maximum atomic E-state index is 4.79. The molecule has 2 aromatic heterocycles. The van der Waals surface area contributed by atoms with Crippen LogP contribution in [0, 0.1) is 5.92 Å². The summed E-state index contributed by atoms with van der Waals surface area (Å²) in [6, 6.07) is 1.86. The number of nitrogens with zero attached hydrogens (tertiary/aromatic N) is 3. The minimum absolute atomic E-state index is 0.659. The highest BCUT2D eigenvalue weighted by molar-refractivity contribution is 5.01. The zero-order chi connectivity index (χ0) is 12.1. The van der Waals surface area contributed by atoms with Crippen molar-refractivity contribution in [1.29, 1.82) is 0 Å². The van der Waals surface area contributed by atoms with E-state index in [1.165, 1.54) is 0 Å². The molecule has 17 heavy (non-hydrogen) atoms. The Bertz CT molecular complexity index is 433. The molecule has 2 aromatic rings. The van der Waals surface area contributed by atoms with Gasteiger partial charge in [-0.15, -0.1) is 0 Å². The summed E-state index contributed by atoms with van der Waals surface area (Å²) in [5.74, 6) is 0.659. The molecule has 0 bridgehead atoms. The number of aromatic nitrogens is 3. The molecule has 0 saturated carbocycles. The van der Waals surface area contributed by atoms with Crippen molar-refractivity contribution >= 4 is 0 Å². The van der Waals surface area contributed by atoms with Crippen molar-refractivity contribution in [2.45, 2.75) is 26.9 Å². The second-order valence-corrected chi connectivity index (χ2v) is 4.55. The summed E-state index contributed by atoms with van der Waals surface area (Å²) in [5.41, 5.74) is 1.96. The molecule has 0 aliphatic rings. The quantitative estimate of drug-likeness (QED) is 0.826. The van der Waals surface area contributed by atoms with Crippen LogP contribution in [0.2, 0.25) is 0 Å². The summed E-state index contributed by atoms with van der Waals surface area (Å²) in [7, 11) is 0. The normalized spacial score (nSPS) is 11.2. The van der Waals surface area contributed by atoms with Crippen LogP contribution < -0.4 is 5.32 Å². The van der Waals surface area contributed by atoms with E-state index in [4.69, 9.17) is 4.52 Å². The molecule has 1 N–H and O–H groups in total. The lowest BCUT2D eigenvalue weighted by molar-refractivity contribution is 0.409. The second kappa shape index (κ2) is 5.63. The minimum atomic E-state index is 0.659. The minimum Gasteiger partial charge on any atom is -0.364 e. The molecule has 5 heteroatoms. The van der Waals surface area contributed by atoms with Crippen LogP contribution in [0.15, 0.2) is 29.4 Å². The summed E-state index contributed by atoms with van der Waals surface area (Å²) in [6.45, 7) is 6.90. The molecule has 92 valence electrons. The topological polar surface area (TPSA) is 55.9 Å². The average molecular weight is 234 g/mol. The molecule has 0 aliphatic carbocycles. The van der Waals surface area contributed by atoms with E-state index in [9.17, 15) is 0 Å². The number of hydrogen-bond donors (Lipinski definition) is 1. The lowest BCUT2D eigenvalue weighted by Gasteiger charge is -2.04. The summed E-state index contributed by atoms with van der Waals surface area (Å²) in [6.07, 6.45) is 5.43. The van der Waals surface area contributed by atoms with E-state index in [2.05, 4.69) is 29.3 Å². The first-order chi connectivity index (χ1) is 8.24. The van der Waals surface area contributed by atoms with E-state index in [0.29, 0.717) is 12.5 Å². The number of hydrogen-bond acceptors (Lipinski definition) is 4. The molecule has 0 spiro atoms. The third-order valence-corrected chi connectivity index (χ3v) is 2.38. The Morgan fingerprint density at radius 2 is 2.29 bits per heavy atom. The van der Waals surface area contributed by atoms with Gasteiger partial charge in [-0.3, -0.25) is 0 Å². The van der Waals surface area contributed by atoms with Gasteiger partial charge >= 0.3 is 0 Å². The van der Waals surface area contributed by atoms with Crippen molar-refractivity contribution in [2.24, 2.45) is 5.92 Å². The highest BCUT2D eigenvalue weighted by Gasteiger charge is 2.02. The van der Waals surface area contributed by atoms with Crippen LogP contribution in [0.1, 0.15) is 25.2 Å². The first kappa shape index (κ1) is 11.9. The highest BCUT2D eigenvalue weighted by Crippen LogP contribution is 2.02. The summed E-state index contributed by atoms with van der Waals surface area (Å²) >= 11 is 0. The molecule has 0 unspecified atom stereocenters. The Kier molecular flexibility index (Phi) is 3.93. The molecule has 2 rings (SSSR count). The molecule has 0 radical (unpaired) electrons.